The van der Waals surface area contributed by atoms with Gasteiger partial charge in [0.2, 0.25) is 11.8 Å². The van der Waals surface area contributed by atoms with Crippen molar-refractivity contribution in [3.05, 3.63) is 18.2 Å². The van der Waals surface area contributed by atoms with Crippen molar-refractivity contribution in [3.8, 4) is 11.5 Å². The van der Waals surface area contributed by atoms with E-state index in [1.54, 1.807) is 4.90 Å². The first-order chi connectivity index (χ1) is 13.7. The van der Waals surface area contributed by atoms with Gasteiger partial charge in [0.1, 0.15) is 13.2 Å². The van der Waals surface area contributed by atoms with Crippen molar-refractivity contribution in [2.45, 2.75) is 38.5 Å². The second-order valence-corrected chi connectivity index (χ2v) is 8.61. The van der Waals surface area contributed by atoms with E-state index in [9.17, 15) is 9.59 Å². The SMILES string of the molecule is O=C([C@@H]1CC(=O)N(c2ccc3c(c2)OCCO3)C1)N1CC[C@@H]2CCCC[C@@H]2C1. The number of carbonyl (C=O) groups excluding carboxylic acids is 2. The van der Waals surface area contributed by atoms with Crippen LogP contribution in [-0.2, 0) is 9.59 Å². The van der Waals surface area contributed by atoms with E-state index in [1.165, 1.54) is 25.7 Å². The molecule has 3 heterocycles. The maximum atomic E-state index is 13.1. The quantitative estimate of drug-likeness (QED) is 0.787. The molecule has 1 aromatic carbocycles. The van der Waals surface area contributed by atoms with Crippen molar-refractivity contribution in [2.24, 2.45) is 17.8 Å². The van der Waals surface area contributed by atoms with Gasteiger partial charge in [-0.1, -0.05) is 19.3 Å². The highest BCUT2D eigenvalue weighted by Gasteiger charge is 2.40. The molecular weight excluding hydrogens is 356 g/mol. The van der Waals surface area contributed by atoms with Crippen LogP contribution in [0.1, 0.15) is 38.5 Å². The van der Waals surface area contributed by atoms with Crippen molar-refractivity contribution in [3.63, 3.8) is 0 Å². The van der Waals surface area contributed by atoms with E-state index < -0.39 is 0 Å². The van der Waals surface area contributed by atoms with E-state index in [0.29, 0.717) is 43.6 Å². The van der Waals surface area contributed by atoms with Crippen molar-refractivity contribution >= 4 is 17.5 Å². The molecule has 1 aliphatic carbocycles. The first kappa shape index (κ1) is 17.8. The summed E-state index contributed by atoms with van der Waals surface area (Å²) in [7, 11) is 0. The minimum absolute atomic E-state index is 0.0163. The highest BCUT2D eigenvalue weighted by Crippen LogP contribution is 2.38. The van der Waals surface area contributed by atoms with E-state index in [0.717, 1.165) is 31.1 Å². The number of likely N-dealkylation sites (tertiary alicyclic amines) is 1. The van der Waals surface area contributed by atoms with E-state index in [2.05, 4.69) is 0 Å². The Balaban J connectivity index is 1.26. The summed E-state index contributed by atoms with van der Waals surface area (Å²) in [4.78, 5) is 29.6. The van der Waals surface area contributed by atoms with Crippen LogP contribution in [0.15, 0.2) is 18.2 Å². The third-order valence-corrected chi connectivity index (χ3v) is 6.91. The van der Waals surface area contributed by atoms with Crippen LogP contribution in [0.5, 0.6) is 11.5 Å². The average molecular weight is 384 g/mol. The lowest BCUT2D eigenvalue weighted by molar-refractivity contribution is -0.138. The zero-order chi connectivity index (χ0) is 19.1. The second-order valence-electron chi connectivity index (χ2n) is 8.61. The Bertz CT molecular complexity index is 780. The van der Waals surface area contributed by atoms with E-state index in [1.807, 2.05) is 23.1 Å². The normalized spacial score (nSPS) is 29.6. The maximum absolute atomic E-state index is 13.1. The largest absolute Gasteiger partial charge is 0.486 e. The molecule has 0 spiro atoms. The molecule has 2 saturated heterocycles. The number of benzene rings is 1. The molecule has 1 aromatic rings. The van der Waals surface area contributed by atoms with Gasteiger partial charge in [0, 0.05) is 37.8 Å². The number of carbonyl (C=O) groups is 2. The van der Waals surface area contributed by atoms with Crippen LogP contribution in [0.2, 0.25) is 0 Å². The van der Waals surface area contributed by atoms with E-state index >= 15 is 0 Å². The molecule has 0 aromatic heterocycles. The van der Waals surface area contributed by atoms with Crippen molar-refractivity contribution in [1.82, 2.24) is 4.90 Å². The van der Waals surface area contributed by atoms with Gasteiger partial charge in [-0.25, -0.2) is 0 Å². The zero-order valence-electron chi connectivity index (χ0n) is 16.3. The molecule has 150 valence electrons. The molecule has 0 radical (unpaired) electrons. The number of amides is 2. The third kappa shape index (κ3) is 3.23. The molecule has 6 heteroatoms. The molecule has 28 heavy (non-hydrogen) atoms. The molecular formula is C22H28N2O4. The predicted octanol–water partition coefficient (Wildman–Crippen LogP) is 2.85. The van der Waals surface area contributed by atoms with Crippen LogP contribution < -0.4 is 14.4 Å². The lowest BCUT2D eigenvalue weighted by Crippen LogP contribution is -2.47. The highest BCUT2D eigenvalue weighted by atomic mass is 16.6. The monoisotopic (exact) mass is 384 g/mol. The highest BCUT2D eigenvalue weighted by molar-refractivity contribution is 6.00. The number of ether oxygens (including phenoxy) is 2. The number of fused-ring (bicyclic) bond motifs is 2. The van der Waals surface area contributed by atoms with Crippen LogP contribution in [0.3, 0.4) is 0 Å². The van der Waals surface area contributed by atoms with Gasteiger partial charge in [-0.05, 0) is 36.8 Å². The summed E-state index contributed by atoms with van der Waals surface area (Å²) in [5, 5.41) is 0. The molecule has 5 rings (SSSR count). The lowest BCUT2D eigenvalue weighted by atomic mass is 9.75. The molecule has 3 fully saturated rings. The molecule has 3 aliphatic heterocycles. The van der Waals surface area contributed by atoms with Gasteiger partial charge in [0.15, 0.2) is 11.5 Å². The minimum Gasteiger partial charge on any atom is -0.486 e. The lowest BCUT2D eigenvalue weighted by Gasteiger charge is -2.42. The molecule has 0 unspecified atom stereocenters. The smallest absolute Gasteiger partial charge is 0.228 e. The summed E-state index contributed by atoms with van der Waals surface area (Å²) in [6, 6.07) is 5.58. The number of hydrogen-bond donors (Lipinski definition) is 0. The van der Waals surface area contributed by atoms with Gasteiger partial charge in [-0.3, -0.25) is 9.59 Å². The van der Waals surface area contributed by atoms with Crippen LogP contribution in [0, 0.1) is 17.8 Å². The Hall–Kier alpha value is -2.24. The molecule has 4 aliphatic rings. The Morgan fingerprint density at radius 2 is 1.75 bits per heavy atom. The Labute approximate surface area is 165 Å². The van der Waals surface area contributed by atoms with Crippen LogP contribution in [0.25, 0.3) is 0 Å². The van der Waals surface area contributed by atoms with E-state index in [4.69, 9.17) is 9.47 Å². The Morgan fingerprint density at radius 1 is 0.964 bits per heavy atom. The maximum Gasteiger partial charge on any atom is 0.228 e. The van der Waals surface area contributed by atoms with Crippen molar-refractivity contribution in [2.75, 3.05) is 37.7 Å². The van der Waals surface area contributed by atoms with E-state index in [-0.39, 0.29) is 17.7 Å². The molecule has 1 saturated carbocycles. The number of hydrogen-bond acceptors (Lipinski definition) is 4. The summed E-state index contributed by atoms with van der Waals surface area (Å²) in [5.41, 5.74) is 0.788. The third-order valence-electron chi connectivity index (χ3n) is 6.91. The number of nitrogens with zero attached hydrogens (tertiary/aromatic N) is 2. The van der Waals surface area contributed by atoms with Crippen LogP contribution in [-0.4, -0.2) is 49.6 Å². The standard InChI is InChI=1S/C22H28N2O4/c25-21-11-17(22(26)23-8-7-15-3-1-2-4-16(15)13-23)14-24(21)18-5-6-19-20(12-18)28-10-9-27-19/h5-6,12,15-17H,1-4,7-11,13-14H2/t15-,16+,17+/m0/s1. The molecule has 0 bridgehead atoms. The van der Waals surface area contributed by atoms with Crippen LogP contribution >= 0.6 is 0 Å². The number of piperidine rings is 1. The summed E-state index contributed by atoms with van der Waals surface area (Å²) >= 11 is 0. The first-order valence-electron chi connectivity index (χ1n) is 10.7. The van der Waals surface area contributed by atoms with Gasteiger partial charge >= 0.3 is 0 Å². The van der Waals surface area contributed by atoms with Gasteiger partial charge in [-0.2, -0.15) is 0 Å². The topological polar surface area (TPSA) is 59.1 Å². The zero-order valence-corrected chi connectivity index (χ0v) is 16.3. The van der Waals surface area contributed by atoms with Crippen LogP contribution in [0.4, 0.5) is 5.69 Å². The Kier molecular flexibility index (Phi) is 4.65. The molecule has 6 nitrogen and oxygen atoms in total. The van der Waals surface area contributed by atoms with Crippen molar-refractivity contribution < 1.29 is 19.1 Å². The fourth-order valence-corrected chi connectivity index (χ4v) is 5.38. The number of rotatable bonds is 2. The summed E-state index contributed by atoms with van der Waals surface area (Å²) in [6.07, 6.45) is 6.65. The molecule has 0 N–H and O–H groups in total. The second kappa shape index (κ2) is 7.30. The summed E-state index contributed by atoms with van der Waals surface area (Å²) in [6.45, 7) is 3.26. The van der Waals surface area contributed by atoms with Gasteiger partial charge in [0.25, 0.3) is 0 Å². The van der Waals surface area contributed by atoms with Gasteiger partial charge in [0.05, 0.1) is 5.92 Å². The molecule has 3 atom stereocenters. The minimum atomic E-state index is -0.235. The van der Waals surface area contributed by atoms with Crippen molar-refractivity contribution in [1.29, 1.82) is 0 Å². The molecule has 2 amide bonds. The predicted molar refractivity (Wildman–Crippen MR) is 105 cm³/mol. The van der Waals surface area contributed by atoms with Gasteiger partial charge in [-0.15, -0.1) is 0 Å². The fourth-order valence-electron chi connectivity index (χ4n) is 5.38. The fraction of sp³-hybridized carbons (Fsp3) is 0.636. The number of anilines is 1. The van der Waals surface area contributed by atoms with Gasteiger partial charge < -0.3 is 19.3 Å². The average Bonchev–Trinajstić information content (AvgIpc) is 3.14. The summed E-state index contributed by atoms with van der Waals surface area (Å²) < 4.78 is 11.2. The summed E-state index contributed by atoms with van der Waals surface area (Å²) in [5.74, 6) is 2.80. The Morgan fingerprint density at radius 3 is 2.61 bits per heavy atom. The first-order valence-corrected chi connectivity index (χ1v) is 10.7.